The number of thioether (sulfide) groups is 1. The monoisotopic (exact) mass is 259 g/mol. The van der Waals surface area contributed by atoms with Crippen LogP contribution in [0.4, 0.5) is 0 Å². The molecule has 1 rings (SSSR count). The number of hydrogen-bond acceptors (Lipinski definition) is 4. The van der Waals surface area contributed by atoms with Crippen LogP contribution in [-0.4, -0.2) is 48.0 Å². The van der Waals surface area contributed by atoms with Gasteiger partial charge >= 0.3 is 5.97 Å². The minimum atomic E-state index is -0.195. The number of piperidine rings is 1. The lowest BCUT2D eigenvalue weighted by Crippen LogP contribution is -2.43. The summed E-state index contributed by atoms with van der Waals surface area (Å²) < 4.78 is 4.73. The standard InChI is InChI=1S/C12H21NO3S/c1-9(2)17-8-11(14)13-6-4-5-10(7-13)12(15)16-3/h9-10H,4-8H2,1-3H3. The number of ether oxygens (including phenoxy) is 1. The van der Waals surface area contributed by atoms with Crippen molar-refractivity contribution in [2.75, 3.05) is 26.0 Å². The number of likely N-dealkylation sites (tertiary alicyclic amines) is 1. The highest BCUT2D eigenvalue weighted by molar-refractivity contribution is 8.00. The van der Waals surface area contributed by atoms with Crippen molar-refractivity contribution in [3.05, 3.63) is 0 Å². The summed E-state index contributed by atoms with van der Waals surface area (Å²) in [6, 6.07) is 0. The van der Waals surface area contributed by atoms with E-state index in [-0.39, 0.29) is 17.8 Å². The molecule has 0 aromatic carbocycles. The minimum Gasteiger partial charge on any atom is -0.469 e. The molecular formula is C12H21NO3S. The lowest BCUT2D eigenvalue weighted by atomic mass is 9.98. The van der Waals surface area contributed by atoms with Crippen LogP contribution in [0.2, 0.25) is 0 Å². The molecule has 17 heavy (non-hydrogen) atoms. The quantitative estimate of drug-likeness (QED) is 0.719. The van der Waals surface area contributed by atoms with Crippen molar-refractivity contribution in [3.8, 4) is 0 Å². The summed E-state index contributed by atoms with van der Waals surface area (Å²) in [7, 11) is 1.40. The Kier molecular flexibility index (Phi) is 5.82. The van der Waals surface area contributed by atoms with E-state index in [2.05, 4.69) is 13.8 Å². The SMILES string of the molecule is COC(=O)C1CCCN(C(=O)CSC(C)C)C1. The molecule has 0 bridgehead atoms. The number of nitrogens with zero attached hydrogens (tertiary/aromatic N) is 1. The third-order valence-electron chi connectivity index (χ3n) is 2.85. The molecule has 1 heterocycles. The highest BCUT2D eigenvalue weighted by Gasteiger charge is 2.28. The molecule has 1 unspecified atom stereocenters. The van der Waals surface area contributed by atoms with Gasteiger partial charge in [-0.2, -0.15) is 0 Å². The maximum atomic E-state index is 11.9. The number of carbonyl (C=O) groups is 2. The van der Waals surface area contributed by atoms with Gasteiger partial charge in [0.25, 0.3) is 0 Å². The van der Waals surface area contributed by atoms with Gasteiger partial charge in [0.15, 0.2) is 0 Å². The molecule has 1 aliphatic rings. The number of amides is 1. The van der Waals surface area contributed by atoms with Gasteiger partial charge < -0.3 is 9.64 Å². The Hall–Kier alpha value is -0.710. The Morgan fingerprint density at radius 3 is 2.76 bits per heavy atom. The van der Waals surface area contributed by atoms with E-state index in [1.165, 1.54) is 7.11 Å². The van der Waals surface area contributed by atoms with Gasteiger partial charge in [-0.3, -0.25) is 9.59 Å². The van der Waals surface area contributed by atoms with Crippen molar-refractivity contribution in [2.24, 2.45) is 5.92 Å². The molecule has 0 saturated carbocycles. The Balaban J connectivity index is 2.43. The summed E-state index contributed by atoms with van der Waals surface area (Å²) in [6.07, 6.45) is 1.71. The molecule has 98 valence electrons. The van der Waals surface area contributed by atoms with E-state index in [0.29, 0.717) is 17.5 Å². The van der Waals surface area contributed by atoms with Crippen LogP contribution < -0.4 is 0 Å². The molecule has 1 aliphatic heterocycles. The molecule has 5 heteroatoms. The van der Waals surface area contributed by atoms with Gasteiger partial charge in [0.1, 0.15) is 0 Å². The molecule has 1 amide bonds. The van der Waals surface area contributed by atoms with Crippen molar-refractivity contribution in [2.45, 2.75) is 31.9 Å². The van der Waals surface area contributed by atoms with Crippen molar-refractivity contribution in [1.82, 2.24) is 4.90 Å². The zero-order chi connectivity index (χ0) is 12.8. The molecule has 1 saturated heterocycles. The minimum absolute atomic E-state index is 0.136. The first-order valence-electron chi connectivity index (χ1n) is 6.01. The third-order valence-corrected chi connectivity index (χ3v) is 3.93. The first-order chi connectivity index (χ1) is 8.04. The summed E-state index contributed by atoms with van der Waals surface area (Å²) >= 11 is 1.64. The molecule has 0 aliphatic carbocycles. The molecule has 1 atom stereocenters. The Morgan fingerprint density at radius 1 is 1.47 bits per heavy atom. The van der Waals surface area contributed by atoms with E-state index in [9.17, 15) is 9.59 Å². The largest absolute Gasteiger partial charge is 0.469 e. The van der Waals surface area contributed by atoms with E-state index in [1.807, 2.05) is 0 Å². The van der Waals surface area contributed by atoms with Gasteiger partial charge in [-0.25, -0.2) is 0 Å². The average Bonchev–Trinajstić information content (AvgIpc) is 2.35. The van der Waals surface area contributed by atoms with Crippen LogP contribution in [0.1, 0.15) is 26.7 Å². The summed E-state index contributed by atoms with van der Waals surface area (Å²) in [5, 5.41) is 0.458. The van der Waals surface area contributed by atoms with Gasteiger partial charge in [-0.05, 0) is 18.1 Å². The second-order valence-corrected chi connectivity index (χ2v) is 6.13. The van der Waals surface area contributed by atoms with E-state index < -0.39 is 0 Å². The molecule has 0 radical (unpaired) electrons. The number of esters is 1. The number of methoxy groups -OCH3 is 1. The van der Waals surface area contributed by atoms with Crippen LogP contribution in [0.25, 0.3) is 0 Å². The van der Waals surface area contributed by atoms with E-state index >= 15 is 0 Å². The maximum Gasteiger partial charge on any atom is 0.310 e. The topological polar surface area (TPSA) is 46.6 Å². The van der Waals surface area contributed by atoms with E-state index in [1.54, 1.807) is 16.7 Å². The van der Waals surface area contributed by atoms with Crippen LogP contribution >= 0.6 is 11.8 Å². The van der Waals surface area contributed by atoms with Crippen molar-refractivity contribution in [3.63, 3.8) is 0 Å². The average molecular weight is 259 g/mol. The van der Waals surface area contributed by atoms with Crippen molar-refractivity contribution >= 4 is 23.6 Å². The van der Waals surface area contributed by atoms with Gasteiger partial charge in [-0.15, -0.1) is 11.8 Å². The summed E-state index contributed by atoms with van der Waals surface area (Å²) in [6.45, 7) is 5.44. The lowest BCUT2D eigenvalue weighted by Gasteiger charge is -2.31. The maximum absolute atomic E-state index is 11.9. The zero-order valence-corrected chi connectivity index (χ0v) is 11.6. The van der Waals surface area contributed by atoms with E-state index in [4.69, 9.17) is 4.74 Å². The van der Waals surface area contributed by atoms with Crippen LogP contribution in [0.15, 0.2) is 0 Å². The zero-order valence-electron chi connectivity index (χ0n) is 10.8. The molecular weight excluding hydrogens is 238 g/mol. The Bertz CT molecular complexity index is 281. The van der Waals surface area contributed by atoms with Crippen molar-refractivity contribution in [1.29, 1.82) is 0 Å². The van der Waals surface area contributed by atoms with E-state index in [0.717, 1.165) is 19.4 Å². The predicted molar refractivity (Wildman–Crippen MR) is 68.9 cm³/mol. The first-order valence-corrected chi connectivity index (χ1v) is 7.06. The Labute approximate surface area is 107 Å². The van der Waals surface area contributed by atoms with Crippen LogP contribution in [0, 0.1) is 5.92 Å². The fraction of sp³-hybridized carbons (Fsp3) is 0.833. The summed E-state index contributed by atoms with van der Waals surface area (Å²) in [5.41, 5.74) is 0. The highest BCUT2D eigenvalue weighted by atomic mass is 32.2. The van der Waals surface area contributed by atoms with Crippen LogP contribution in [0.5, 0.6) is 0 Å². The summed E-state index contributed by atoms with van der Waals surface area (Å²) in [5.74, 6) is 0.309. The smallest absolute Gasteiger partial charge is 0.310 e. The van der Waals surface area contributed by atoms with Gasteiger partial charge in [-0.1, -0.05) is 13.8 Å². The molecule has 1 fully saturated rings. The molecule has 0 aromatic heterocycles. The van der Waals surface area contributed by atoms with Gasteiger partial charge in [0, 0.05) is 13.1 Å². The van der Waals surface area contributed by atoms with Gasteiger partial charge in [0.05, 0.1) is 18.8 Å². The predicted octanol–water partition coefficient (Wildman–Crippen LogP) is 1.54. The second kappa shape index (κ2) is 6.89. The van der Waals surface area contributed by atoms with Crippen LogP contribution in [0.3, 0.4) is 0 Å². The van der Waals surface area contributed by atoms with Crippen LogP contribution in [-0.2, 0) is 14.3 Å². The molecule has 0 aromatic rings. The number of hydrogen-bond donors (Lipinski definition) is 0. The highest BCUT2D eigenvalue weighted by Crippen LogP contribution is 2.19. The number of carbonyl (C=O) groups excluding carboxylic acids is 2. The molecule has 0 spiro atoms. The number of rotatable bonds is 4. The molecule has 0 N–H and O–H groups in total. The first kappa shape index (κ1) is 14.4. The Morgan fingerprint density at radius 2 is 2.18 bits per heavy atom. The fourth-order valence-corrected chi connectivity index (χ4v) is 2.55. The normalized spacial score (nSPS) is 20.5. The molecule has 4 nitrogen and oxygen atoms in total. The lowest BCUT2D eigenvalue weighted by molar-refractivity contribution is -0.148. The fourth-order valence-electron chi connectivity index (χ4n) is 1.89. The third kappa shape index (κ3) is 4.58. The summed E-state index contributed by atoms with van der Waals surface area (Å²) in [4.78, 5) is 25.1. The second-order valence-electron chi connectivity index (χ2n) is 4.56. The van der Waals surface area contributed by atoms with Gasteiger partial charge in [0.2, 0.25) is 5.91 Å². The van der Waals surface area contributed by atoms with Crippen molar-refractivity contribution < 1.29 is 14.3 Å².